The number of allylic oxidation sites excluding steroid dienone is 2. The van der Waals surface area contributed by atoms with Gasteiger partial charge in [-0.2, -0.15) is 0 Å². The van der Waals surface area contributed by atoms with E-state index in [1.165, 1.54) is 23.3 Å². The van der Waals surface area contributed by atoms with Crippen molar-refractivity contribution in [1.29, 1.82) is 0 Å². The lowest BCUT2D eigenvalue weighted by Crippen LogP contribution is -1.95. The van der Waals surface area contributed by atoms with E-state index in [0.717, 1.165) is 6.42 Å². The van der Waals surface area contributed by atoms with E-state index < -0.39 is 0 Å². The summed E-state index contributed by atoms with van der Waals surface area (Å²) in [7, 11) is 0. The molecule has 0 aliphatic rings. The molecule has 0 aliphatic carbocycles. The molecule has 0 heterocycles. The lowest BCUT2D eigenvalue weighted by molar-refractivity contribution is 0.673. The maximum Gasteiger partial charge on any atom is 0.00693 e. The van der Waals surface area contributed by atoms with Crippen molar-refractivity contribution in [2.24, 2.45) is 0 Å². The lowest BCUT2D eigenvalue weighted by Gasteiger charge is -2.13. The molecule has 1 unspecified atom stereocenters. The van der Waals surface area contributed by atoms with Crippen LogP contribution in [0.5, 0.6) is 0 Å². The van der Waals surface area contributed by atoms with Crippen LogP contribution in [0.3, 0.4) is 0 Å². The van der Waals surface area contributed by atoms with Gasteiger partial charge in [-0.1, -0.05) is 38.1 Å². The van der Waals surface area contributed by atoms with Crippen LogP contribution in [-0.4, -0.2) is 6.26 Å². The zero-order chi connectivity index (χ0) is 11.8. The molecule has 0 spiro atoms. The Hall–Kier alpha value is -0.690. The van der Waals surface area contributed by atoms with Gasteiger partial charge in [0.25, 0.3) is 0 Å². The van der Waals surface area contributed by atoms with Crippen molar-refractivity contribution in [2.45, 2.75) is 43.9 Å². The zero-order valence-electron chi connectivity index (χ0n) is 10.6. The maximum atomic E-state index is 2.32. The molecule has 0 saturated heterocycles. The van der Waals surface area contributed by atoms with Crippen molar-refractivity contribution in [3.63, 3.8) is 0 Å². The molecule has 16 heavy (non-hydrogen) atoms. The van der Waals surface area contributed by atoms with Crippen LogP contribution in [0.15, 0.2) is 41.3 Å². The molecule has 0 nitrogen and oxygen atoms in total. The lowest BCUT2D eigenvalue weighted by atomic mass is 9.93. The van der Waals surface area contributed by atoms with Gasteiger partial charge in [-0.05, 0) is 49.1 Å². The maximum absolute atomic E-state index is 2.32. The van der Waals surface area contributed by atoms with E-state index in [1.807, 2.05) is 0 Å². The van der Waals surface area contributed by atoms with Gasteiger partial charge < -0.3 is 0 Å². The van der Waals surface area contributed by atoms with Gasteiger partial charge in [0, 0.05) is 4.90 Å². The summed E-state index contributed by atoms with van der Waals surface area (Å²) in [4.78, 5) is 1.35. The summed E-state index contributed by atoms with van der Waals surface area (Å²) in [5, 5.41) is 0. The molecule has 0 fully saturated rings. The molecule has 0 aromatic heterocycles. The molecule has 1 rings (SSSR count). The largest absolute Gasteiger partial charge is 0.130 e. The van der Waals surface area contributed by atoms with E-state index in [2.05, 4.69) is 56.5 Å². The average molecular weight is 234 g/mol. The van der Waals surface area contributed by atoms with Crippen LogP contribution in [0.2, 0.25) is 0 Å². The highest BCUT2D eigenvalue weighted by atomic mass is 32.2. The first-order chi connectivity index (χ1) is 7.81. The second-order valence-corrected chi connectivity index (χ2v) is 4.87. The Morgan fingerprint density at radius 1 is 1.12 bits per heavy atom. The third-order valence-electron chi connectivity index (χ3n) is 2.90. The third-order valence-corrected chi connectivity index (χ3v) is 3.65. The number of hydrogen-bond donors (Lipinski definition) is 0. The first-order valence-corrected chi connectivity index (χ1v) is 7.33. The quantitative estimate of drug-likeness (QED) is 0.478. The standard InChI is InChI=1S/C15H22S/c1-4-6-7-8-13(5-2)14-9-11-15(16-3)12-10-14/h6-7,9-13H,4-5,8H2,1-3H3/b7-6-. The van der Waals surface area contributed by atoms with Crippen LogP contribution in [0, 0.1) is 0 Å². The fraction of sp³-hybridized carbons (Fsp3) is 0.467. The van der Waals surface area contributed by atoms with E-state index >= 15 is 0 Å². The Balaban J connectivity index is 2.67. The van der Waals surface area contributed by atoms with Crippen molar-refractivity contribution in [3.05, 3.63) is 42.0 Å². The van der Waals surface area contributed by atoms with Gasteiger partial charge in [-0.15, -0.1) is 11.8 Å². The number of benzene rings is 1. The Morgan fingerprint density at radius 3 is 2.31 bits per heavy atom. The molecule has 1 aromatic rings. The van der Waals surface area contributed by atoms with Crippen molar-refractivity contribution < 1.29 is 0 Å². The number of thioether (sulfide) groups is 1. The van der Waals surface area contributed by atoms with Gasteiger partial charge in [0.2, 0.25) is 0 Å². The number of rotatable bonds is 6. The predicted octanol–water partition coefficient (Wildman–Crippen LogP) is 5.26. The second-order valence-electron chi connectivity index (χ2n) is 3.99. The van der Waals surface area contributed by atoms with Gasteiger partial charge in [-0.3, -0.25) is 0 Å². The molecular formula is C15H22S. The van der Waals surface area contributed by atoms with E-state index in [0.29, 0.717) is 5.92 Å². The van der Waals surface area contributed by atoms with Gasteiger partial charge in [0.05, 0.1) is 0 Å². The van der Waals surface area contributed by atoms with Crippen LogP contribution in [0.4, 0.5) is 0 Å². The SMILES string of the molecule is CC/C=C\CC(CC)c1ccc(SC)cc1. The van der Waals surface area contributed by atoms with Crippen LogP contribution >= 0.6 is 11.8 Å². The van der Waals surface area contributed by atoms with Crippen LogP contribution < -0.4 is 0 Å². The molecule has 1 heteroatoms. The summed E-state index contributed by atoms with van der Waals surface area (Å²) in [5.74, 6) is 0.679. The fourth-order valence-electron chi connectivity index (χ4n) is 1.84. The van der Waals surface area contributed by atoms with Crippen LogP contribution in [0.1, 0.15) is 44.6 Å². The van der Waals surface area contributed by atoms with Crippen molar-refractivity contribution in [1.82, 2.24) is 0 Å². The minimum absolute atomic E-state index is 0.679. The van der Waals surface area contributed by atoms with Crippen molar-refractivity contribution >= 4 is 11.8 Å². The summed E-state index contributed by atoms with van der Waals surface area (Å²) in [5.41, 5.74) is 1.47. The summed E-state index contributed by atoms with van der Waals surface area (Å²) in [6, 6.07) is 9.01. The Kier molecular flexibility index (Phi) is 6.32. The first kappa shape index (κ1) is 13.4. The fourth-order valence-corrected chi connectivity index (χ4v) is 2.25. The summed E-state index contributed by atoms with van der Waals surface area (Å²) >= 11 is 1.80. The van der Waals surface area contributed by atoms with Crippen molar-refractivity contribution in [3.8, 4) is 0 Å². The molecular weight excluding hydrogens is 212 g/mol. The molecule has 0 amide bonds. The van der Waals surface area contributed by atoms with Crippen LogP contribution in [-0.2, 0) is 0 Å². The second kappa shape index (κ2) is 7.56. The summed E-state index contributed by atoms with van der Waals surface area (Å²) in [6.07, 6.45) is 10.2. The highest BCUT2D eigenvalue weighted by Gasteiger charge is 2.06. The molecule has 0 saturated carbocycles. The number of hydrogen-bond acceptors (Lipinski definition) is 1. The summed E-state index contributed by atoms with van der Waals surface area (Å²) in [6.45, 7) is 4.46. The monoisotopic (exact) mass is 234 g/mol. The van der Waals surface area contributed by atoms with Gasteiger partial charge in [0.1, 0.15) is 0 Å². The molecule has 0 N–H and O–H groups in total. The Morgan fingerprint density at radius 2 is 1.81 bits per heavy atom. The molecule has 88 valence electrons. The van der Waals surface area contributed by atoms with Gasteiger partial charge in [0.15, 0.2) is 0 Å². The normalized spacial score (nSPS) is 13.2. The molecule has 0 radical (unpaired) electrons. The smallest absolute Gasteiger partial charge is 0.00693 e. The highest BCUT2D eigenvalue weighted by Crippen LogP contribution is 2.25. The predicted molar refractivity (Wildman–Crippen MR) is 75.3 cm³/mol. The molecule has 1 atom stereocenters. The van der Waals surface area contributed by atoms with Gasteiger partial charge >= 0.3 is 0 Å². The zero-order valence-corrected chi connectivity index (χ0v) is 11.4. The van der Waals surface area contributed by atoms with E-state index in [4.69, 9.17) is 0 Å². The van der Waals surface area contributed by atoms with E-state index in [-0.39, 0.29) is 0 Å². The summed E-state index contributed by atoms with van der Waals surface area (Å²) < 4.78 is 0. The minimum Gasteiger partial charge on any atom is -0.130 e. The van der Waals surface area contributed by atoms with Crippen molar-refractivity contribution in [2.75, 3.05) is 6.26 Å². The van der Waals surface area contributed by atoms with E-state index in [1.54, 1.807) is 11.8 Å². The Labute approximate surface area is 104 Å². The first-order valence-electron chi connectivity index (χ1n) is 6.10. The molecule has 0 bridgehead atoms. The van der Waals surface area contributed by atoms with Crippen LogP contribution in [0.25, 0.3) is 0 Å². The topological polar surface area (TPSA) is 0 Å². The molecule has 0 aliphatic heterocycles. The molecule has 1 aromatic carbocycles. The Bertz CT molecular complexity index is 311. The third kappa shape index (κ3) is 4.05. The highest BCUT2D eigenvalue weighted by molar-refractivity contribution is 7.98. The van der Waals surface area contributed by atoms with Gasteiger partial charge in [-0.25, -0.2) is 0 Å². The average Bonchev–Trinajstić information content (AvgIpc) is 2.35. The van der Waals surface area contributed by atoms with E-state index in [9.17, 15) is 0 Å². The minimum atomic E-state index is 0.679.